The Labute approximate surface area is 153 Å². The SMILES string of the molecule is N#CC1(C(=O)Nc2ccc3c(c2)OC2(CCCCC2)O3)CC12CCCC2. The molecule has 1 atom stereocenters. The maximum absolute atomic E-state index is 12.9. The summed E-state index contributed by atoms with van der Waals surface area (Å²) in [4.78, 5) is 12.9. The first kappa shape index (κ1) is 16.0. The van der Waals surface area contributed by atoms with Crippen LogP contribution < -0.4 is 14.8 Å². The van der Waals surface area contributed by atoms with E-state index in [2.05, 4.69) is 11.4 Å². The summed E-state index contributed by atoms with van der Waals surface area (Å²) in [5.74, 6) is 0.774. The fourth-order valence-corrected chi connectivity index (χ4v) is 5.35. The number of carbonyl (C=O) groups excluding carboxylic acids is 1. The van der Waals surface area contributed by atoms with Crippen molar-refractivity contribution in [3.8, 4) is 17.6 Å². The molecule has 0 bridgehead atoms. The normalized spacial score (nSPS) is 29.5. The number of amides is 1. The minimum atomic E-state index is -0.843. The zero-order valence-electron chi connectivity index (χ0n) is 15.0. The minimum absolute atomic E-state index is 0.0751. The molecule has 3 saturated carbocycles. The zero-order chi connectivity index (χ0) is 17.8. The Bertz CT molecular complexity index is 800. The molecule has 0 aromatic heterocycles. The van der Waals surface area contributed by atoms with Gasteiger partial charge in [-0.25, -0.2) is 0 Å². The number of nitrogens with one attached hydrogen (secondary N) is 1. The summed E-state index contributed by atoms with van der Waals surface area (Å²) in [5.41, 5.74) is -0.237. The highest BCUT2D eigenvalue weighted by Gasteiger charge is 2.72. The van der Waals surface area contributed by atoms with Crippen molar-refractivity contribution in [2.75, 3.05) is 5.32 Å². The summed E-state index contributed by atoms with van der Waals surface area (Å²) in [6.07, 6.45) is 10.2. The van der Waals surface area contributed by atoms with Crippen LogP contribution in [0.5, 0.6) is 11.5 Å². The first-order valence-corrected chi connectivity index (χ1v) is 9.85. The molecule has 1 N–H and O–H groups in total. The van der Waals surface area contributed by atoms with Gasteiger partial charge < -0.3 is 14.8 Å². The molecule has 136 valence electrons. The van der Waals surface area contributed by atoms with E-state index in [1.165, 1.54) is 6.42 Å². The highest BCUT2D eigenvalue weighted by Crippen LogP contribution is 2.71. The van der Waals surface area contributed by atoms with Crippen molar-refractivity contribution in [2.45, 2.75) is 70.0 Å². The van der Waals surface area contributed by atoms with Gasteiger partial charge in [0.25, 0.3) is 5.79 Å². The van der Waals surface area contributed by atoms with E-state index in [-0.39, 0.29) is 11.3 Å². The average molecular weight is 352 g/mol. The van der Waals surface area contributed by atoms with Gasteiger partial charge in [0.05, 0.1) is 6.07 Å². The first-order valence-electron chi connectivity index (χ1n) is 9.85. The van der Waals surface area contributed by atoms with E-state index in [1.54, 1.807) is 0 Å². The second-order valence-electron chi connectivity index (χ2n) is 8.47. The Hall–Kier alpha value is -2.22. The smallest absolute Gasteiger partial charge is 0.251 e. The van der Waals surface area contributed by atoms with E-state index in [9.17, 15) is 10.1 Å². The van der Waals surface area contributed by atoms with Gasteiger partial charge in [-0.2, -0.15) is 5.26 Å². The van der Waals surface area contributed by atoms with Gasteiger partial charge in [-0.05, 0) is 44.2 Å². The number of hydrogen-bond donors (Lipinski definition) is 1. The largest absolute Gasteiger partial charge is 0.448 e. The van der Waals surface area contributed by atoms with E-state index in [0.29, 0.717) is 17.9 Å². The average Bonchev–Trinajstić information content (AvgIpc) is 2.90. The van der Waals surface area contributed by atoms with Crippen LogP contribution in [0, 0.1) is 22.2 Å². The van der Waals surface area contributed by atoms with Gasteiger partial charge in [-0.15, -0.1) is 0 Å². The number of hydrogen-bond acceptors (Lipinski definition) is 4. The van der Waals surface area contributed by atoms with Crippen LogP contribution in [0.25, 0.3) is 0 Å². The van der Waals surface area contributed by atoms with Crippen LogP contribution in [0.1, 0.15) is 64.2 Å². The zero-order valence-corrected chi connectivity index (χ0v) is 15.0. The number of rotatable bonds is 2. The van der Waals surface area contributed by atoms with E-state index >= 15 is 0 Å². The highest BCUT2D eigenvalue weighted by atomic mass is 16.7. The molecule has 1 unspecified atom stereocenters. The number of fused-ring (bicyclic) bond motifs is 1. The molecule has 2 spiro atoms. The van der Waals surface area contributed by atoms with Crippen molar-refractivity contribution >= 4 is 11.6 Å². The van der Waals surface area contributed by atoms with Gasteiger partial charge >= 0.3 is 0 Å². The van der Waals surface area contributed by atoms with E-state index in [4.69, 9.17) is 9.47 Å². The Kier molecular flexibility index (Phi) is 3.31. The monoisotopic (exact) mass is 352 g/mol. The molecule has 0 radical (unpaired) electrons. The van der Waals surface area contributed by atoms with Crippen LogP contribution in [0.3, 0.4) is 0 Å². The lowest BCUT2D eigenvalue weighted by atomic mass is 9.91. The Balaban J connectivity index is 1.33. The lowest BCUT2D eigenvalue weighted by Crippen LogP contribution is -2.40. The fourth-order valence-electron chi connectivity index (χ4n) is 5.35. The summed E-state index contributed by atoms with van der Waals surface area (Å²) in [6, 6.07) is 7.89. The van der Waals surface area contributed by atoms with Crippen molar-refractivity contribution in [3.63, 3.8) is 0 Å². The predicted molar refractivity (Wildman–Crippen MR) is 95.7 cm³/mol. The third kappa shape index (κ3) is 2.17. The minimum Gasteiger partial charge on any atom is -0.448 e. The predicted octanol–water partition coefficient (Wildman–Crippen LogP) is 4.53. The van der Waals surface area contributed by atoms with Gasteiger partial charge in [0.2, 0.25) is 5.91 Å². The second-order valence-corrected chi connectivity index (χ2v) is 8.47. The van der Waals surface area contributed by atoms with Crippen LogP contribution in [-0.4, -0.2) is 11.7 Å². The van der Waals surface area contributed by atoms with Crippen LogP contribution >= 0.6 is 0 Å². The van der Waals surface area contributed by atoms with Crippen molar-refractivity contribution < 1.29 is 14.3 Å². The molecular weight excluding hydrogens is 328 g/mol. The summed E-state index contributed by atoms with van der Waals surface area (Å²) in [6.45, 7) is 0. The van der Waals surface area contributed by atoms with Gasteiger partial charge in [-0.3, -0.25) is 4.79 Å². The molecular formula is C21H24N2O3. The first-order chi connectivity index (χ1) is 12.6. The molecule has 5 nitrogen and oxygen atoms in total. The molecule has 3 fully saturated rings. The van der Waals surface area contributed by atoms with E-state index in [1.807, 2.05) is 18.2 Å². The van der Waals surface area contributed by atoms with Crippen LogP contribution in [0.15, 0.2) is 18.2 Å². The summed E-state index contributed by atoms with van der Waals surface area (Å²) >= 11 is 0. The van der Waals surface area contributed by atoms with Crippen LogP contribution in [-0.2, 0) is 4.79 Å². The van der Waals surface area contributed by atoms with Crippen molar-refractivity contribution in [3.05, 3.63) is 18.2 Å². The number of anilines is 1. The van der Waals surface area contributed by atoms with Gasteiger partial charge in [0.1, 0.15) is 5.41 Å². The van der Waals surface area contributed by atoms with Crippen molar-refractivity contribution in [1.82, 2.24) is 0 Å². The molecule has 1 aromatic carbocycles. The molecule has 5 heteroatoms. The third-order valence-electron chi connectivity index (χ3n) is 6.93. The second kappa shape index (κ2) is 5.39. The maximum atomic E-state index is 12.9. The number of carbonyl (C=O) groups is 1. The van der Waals surface area contributed by atoms with Crippen LogP contribution in [0.4, 0.5) is 5.69 Å². The molecule has 1 amide bonds. The standard InChI is InChI=1S/C21H24N2O3/c22-14-20(13-19(20)8-4-5-9-19)18(24)23-15-6-7-16-17(12-15)26-21(25-16)10-2-1-3-11-21/h6-7,12H,1-5,8-11,13H2,(H,23,24). The molecule has 4 aliphatic rings. The molecule has 1 aromatic rings. The van der Waals surface area contributed by atoms with E-state index < -0.39 is 11.2 Å². The molecule has 26 heavy (non-hydrogen) atoms. The summed E-state index contributed by atoms with van der Waals surface area (Å²) in [7, 11) is 0. The number of ether oxygens (including phenoxy) is 2. The number of benzene rings is 1. The van der Waals surface area contributed by atoms with Gasteiger partial charge in [0, 0.05) is 30.0 Å². The quantitative estimate of drug-likeness (QED) is 0.849. The lowest BCUT2D eigenvalue weighted by molar-refractivity contribution is -0.120. The topological polar surface area (TPSA) is 71.4 Å². The Morgan fingerprint density at radius 3 is 2.42 bits per heavy atom. The molecule has 5 rings (SSSR count). The van der Waals surface area contributed by atoms with Crippen molar-refractivity contribution in [1.29, 1.82) is 5.26 Å². The van der Waals surface area contributed by atoms with Gasteiger partial charge in [0.15, 0.2) is 11.5 Å². The Morgan fingerprint density at radius 2 is 1.69 bits per heavy atom. The summed E-state index contributed by atoms with van der Waals surface area (Å²) < 4.78 is 12.2. The molecule has 1 aliphatic heterocycles. The highest BCUT2D eigenvalue weighted by molar-refractivity contribution is 6.00. The van der Waals surface area contributed by atoms with E-state index in [0.717, 1.165) is 57.1 Å². The third-order valence-corrected chi connectivity index (χ3v) is 6.93. The fraction of sp³-hybridized carbons (Fsp3) is 0.619. The summed E-state index contributed by atoms with van der Waals surface area (Å²) in [5, 5.41) is 12.7. The maximum Gasteiger partial charge on any atom is 0.251 e. The Morgan fingerprint density at radius 1 is 1.00 bits per heavy atom. The number of nitrogens with zero attached hydrogens (tertiary/aromatic N) is 1. The molecule has 3 aliphatic carbocycles. The van der Waals surface area contributed by atoms with Crippen LogP contribution in [0.2, 0.25) is 0 Å². The van der Waals surface area contributed by atoms with Crippen molar-refractivity contribution in [2.24, 2.45) is 10.8 Å². The molecule has 1 heterocycles. The van der Waals surface area contributed by atoms with Gasteiger partial charge in [-0.1, -0.05) is 19.3 Å². The molecule has 0 saturated heterocycles. The number of nitriles is 1. The lowest BCUT2D eigenvalue weighted by Gasteiger charge is -2.31.